The van der Waals surface area contributed by atoms with E-state index in [1.54, 1.807) is 0 Å². The van der Waals surface area contributed by atoms with Gasteiger partial charge in [-0.1, -0.05) is 56.3 Å². The molecule has 0 aliphatic heterocycles. The average Bonchev–Trinajstić information content (AvgIpc) is 2.38. The summed E-state index contributed by atoms with van der Waals surface area (Å²) >= 11 is 2.42. The van der Waals surface area contributed by atoms with Crippen LogP contribution in [-0.4, -0.2) is 0 Å². The Morgan fingerprint density at radius 3 is 2.18 bits per heavy atom. The van der Waals surface area contributed by atoms with Crippen LogP contribution in [0.4, 0.5) is 0 Å². The molecule has 0 aliphatic rings. The van der Waals surface area contributed by atoms with E-state index < -0.39 is 0 Å². The van der Waals surface area contributed by atoms with Gasteiger partial charge >= 0.3 is 0 Å². The predicted octanol–water partition coefficient (Wildman–Crippen LogP) is 5.47. The molecule has 2 aromatic rings. The molecule has 0 saturated heterocycles. The molecule has 0 heterocycles. The Balaban J connectivity index is 2.56. The third kappa shape index (κ3) is 2.71. The van der Waals surface area contributed by atoms with E-state index in [1.165, 1.54) is 26.7 Å². The molecule has 2 aromatic carbocycles. The van der Waals surface area contributed by atoms with Crippen LogP contribution < -0.4 is 0 Å². The monoisotopic (exact) mass is 336 g/mol. The highest BCUT2D eigenvalue weighted by molar-refractivity contribution is 14.1. The first-order valence-corrected chi connectivity index (χ1v) is 7.15. The van der Waals surface area contributed by atoms with Crippen LogP contribution in [0.1, 0.15) is 31.7 Å². The first kappa shape index (κ1) is 12.6. The lowest BCUT2D eigenvalue weighted by Gasteiger charge is -2.16. The van der Waals surface area contributed by atoms with Gasteiger partial charge in [-0.15, -0.1) is 0 Å². The fourth-order valence-electron chi connectivity index (χ4n) is 2.07. The number of benzene rings is 2. The quantitative estimate of drug-likeness (QED) is 0.652. The van der Waals surface area contributed by atoms with Crippen molar-refractivity contribution >= 4 is 22.6 Å². The molecule has 0 amide bonds. The normalized spacial score (nSPS) is 12.4. The van der Waals surface area contributed by atoms with Gasteiger partial charge in [-0.05, 0) is 57.7 Å². The Morgan fingerprint density at radius 1 is 0.941 bits per heavy atom. The largest absolute Gasteiger partial charge is 0.0648 e. The maximum Gasteiger partial charge on any atom is 0.0208 e. The van der Waals surface area contributed by atoms with E-state index in [4.69, 9.17) is 0 Å². The molecular formula is C16H17I. The highest BCUT2D eigenvalue weighted by atomic mass is 127. The molecule has 0 radical (unpaired) electrons. The van der Waals surface area contributed by atoms with Crippen LogP contribution in [0, 0.1) is 3.57 Å². The second-order valence-electron chi connectivity index (χ2n) is 4.38. The Labute approximate surface area is 117 Å². The SMILES string of the molecule is CCC(C)c1ccccc1-c1ccccc1I. The Bertz CT molecular complexity index is 502. The minimum atomic E-state index is 0.613. The summed E-state index contributed by atoms with van der Waals surface area (Å²) in [6, 6.07) is 17.4. The molecular weight excluding hydrogens is 319 g/mol. The van der Waals surface area contributed by atoms with Crippen molar-refractivity contribution in [2.75, 3.05) is 0 Å². The molecule has 0 aliphatic carbocycles. The van der Waals surface area contributed by atoms with Gasteiger partial charge in [0.05, 0.1) is 0 Å². The fourth-order valence-corrected chi connectivity index (χ4v) is 2.75. The second kappa shape index (κ2) is 5.67. The summed E-state index contributed by atoms with van der Waals surface area (Å²) < 4.78 is 1.32. The van der Waals surface area contributed by atoms with Crippen LogP contribution in [0.5, 0.6) is 0 Å². The second-order valence-corrected chi connectivity index (χ2v) is 5.54. The summed E-state index contributed by atoms with van der Waals surface area (Å²) in [5.41, 5.74) is 4.19. The third-order valence-corrected chi connectivity index (χ3v) is 4.21. The number of halogens is 1. The van der Waals surface area contributed by atoms with Crippen LogP contribution in [0.25, 0.3) is 11.1 Å². The number of rotatable bonds is 3. The van der Waals surface area contributed by atoms with Gasteiger partial charge in [0.25, 0.3) is 0 Å². The molecule has 88 valence electrons. The lowest BCUT2D eigenvalue weighted by molar-refractivity contribution is 0.735. The Kier molecular flexibility index (Phi) is 4.21. The van der Waals surface area contributed by atoms with E-state index in [0.29, 0.717) is 5.92 Å². The molecule has 0 spiro atoms. The van der Waals surface area contributed by atoms with E-state index in [0.717, 1.165) is 0 Å². The van der Waals surface area contributed by atoms with Crippen molar-refractivity contribution in [2.24, 2.45) is 0 Å². The molecule has 0 N–H and O–H groups in total. The van der Waals surface area contributed by atoms with E-state index in [9.17, 15) is 0 Å². The van der Waals surface area contributed by atoms with Crippen LogP contribution in [0.15, 0.2) is 48.5 Å². The molecule has 0 nitrogen and oxygen atoms in total. The lowest BCUT2D eigenvalue weighted by Crippen LogP contribution is -1.95. The molecule has 1 atom stereocenters. The zero-order chi connectivity index (χ0) is 12.3. The Morgan fingerprint density at radius 2 is 1.53 bits per heavy atom. The van der Waals surface area contributed by atoms with E-state index in [2.05, 4.69) is 85.0 Å². The predicted molar refractivity (Wildman–Crippen MR) is 83.3 cm³/mol. The van der Waals surface area contributed by atoms with Crippen LogP contribution >= 0.6 is 22.6 Å². The summed E-state index contributed by atoms with van der Waals surface area (Å²) in [6.45, 7) is 4.55. The van der Waals surface area contributed by atoms with Crippen molar-refractivity contribution in [3.8, 4) is 11.1 Å². The van der Waals surface area contributed by atoms with Crippen molar-refractivity contribution < 1.29 is 0 Å². The van der Waals surface area contributed by atoms with Crippen LogP contribution in [0.2, 0.25) is 0 Å². The molecule has 2 rings (SSSR count). The summed E-state index contributed by atoms with van der Waals surface area (Å²) in [6.07, 6.45) is 1.18. The summed E-state index contributed by atoms with van der Waals surface area (Å²) in [7, 11) is 0. The molecule has 0 aromatic heterocycles. The van der Waals surface area contributed by atoms with E-state index >= 15 is 0 Å². The van der Waals surface area contributed by atoms with Crippen LogP contribution in [-0.2, 0) is 0 Å². The average molecular weight is 336 g/mol. The zero-order valence-electron chi connectivity index (χ0n) is 10.3. The maximum absolute atomic E-state index is 2.42. The molecule has 17 heavy (non-hydrogen) atoms. The van der Waals surface area contributed by atoms with Gasteiger partial charge in [-0.25, -0.2) is 0 Å². The molecule has 1 unspecified atom stereocenters. The molecule has 0 fully saturated rings. The third-order valence-electron chi connectivity index (χ3n) is 3.27. The van der Waals surface area contributed by atoms with Gasteiger partial charge in [0.2, 0.25) is 0 Å². The minimum absolute atomic E-state index is 0.613. The minimum Gasteiger partial charge on any atom is -0.0648 e. The summed E-state index contributed by atoms with van der Waals surface area (Å²) in [4.78, 5) is 0. The van der Waals surface area contributed by atoms with Gasteiger partial charge in [0, 0.05) is 3.57 Å². The molecule has 1 heteroatoms. The summed E-state index contributed by atoms with van der Waals surface area (Å²) in [5.74, 6) is 0.613. The highest BCUT2D eigenvalue weighted by Crippen LogP contribution is 2.33. The van der Waals surface area contributed by atoms with Gasteiger partial charge in [0.15, 0.2) is 0 Å². The van der Waals surface area contributed by atoms with Crippen molar-refractivity contribution in [3.05, 3.63) is 57.7 Å². The van der Waals surface area contributed by atoms with Gasteiger partial charge in [-0.3, -0.25) is 0 Å². The van der Waals surface area contributed by atoms with Crippen molar-refractivity contribution in [1.29, 1.82) is 0 Å². The maximum atomic E-state index is 2.42. The standard InChI is InChI=1S/C16H17I/c1-3-12(2)13-8-4-5-9-14(13)15-10-6-7-11-16(15)17/h4-12H,3H2,1-2H3. The van der Waals surface area contributed by atoms with Crippen molar-refractivity contribution in [1.82, 2.24) is 0 Å². The zero-order valence-corrected chi connectivity index (χ0v) is 12.4. The van der Waals surface area contributed by atoms with E-state index in [1.807, 2.05) is 0 Å². The lowest BCUT2D eigenvalue weighted by atomic mass is 9.90. The van der Waals surface area contributed by atoms with Gasteiger partial charge in [-0.2, -0.15) is 0 Å². The first-order chi connectivity index (χ1) is 8.24. The Hall–Kier alpha value is -0.830. The number of hydrogen-bond acceptors (Lipinski definition) is 0. The van der Waals surface area contributed by atoms with Crippen LogP contribution in [0.3, 0.4) is 0 Å². The topological polar surface area (TPSA) is 0 Å². The smallest absolute Gasteiger partial charge is 0.0208 e. The van der Waals surface area contributed by atoms with Gasteiger partial charge in [0.1, 0.15) is 0 Å². The molecule has 0 bridgehead atoms. The van der Waals surface area contributed by atoms with E-state index in [-0.39, 0.29) is 0 Å². The highest BCUT2D eigenvalue weighted by Gasteiger charge is 2.11. The summed E-state index contributed by atoms with van der Waals surface area (Å²) in [5, 5.41) is 0. The van der Waals surface area contributed by atoms with Crippen molar-refractivity contribution in [3.63, 3.8) is 0 Å². The number of hydrogen-bond donors (Lipinski definition) is 0. The van der Waals surface area contributed by atoms with Crippen molar-refractivity contribution in [2.45, 2.75) is 26.2 Å². The van der Waals surface area contributed by atoms with Gasteiger partial charge < -0.3 is 0 Å². The first-order valence-electron chi connectivity index (χ1n) is 6.08. The fraction of sp³-hybridized carbons (Fsp3) is 0.250. The molecule has 0 saturated carbocycles.